The number of nitriles is 5. The van der Waals surface area contributed by atoms with Gasteiger partial charge in [0, 0.05) is 23.2 Å². The molecule has 5 aromatic carbocycles. The van der Waals surface area contributed by atoms with Crippen molar-refractivity contribution in [3.05, 3.63) is 143 Å². The molecule has 0 spiro atoms. The van der Waals surface area contributed by atoms with E-state index >= 15 is 0 Å². The molecule has 0 unspecified atom stereocenters. The number of rotatable bonds is 4. The van der Waals surface area contributed by atoms with E-state index in [0.29, 0.717) is 38.9 Å². The lowest BCUT2D eigenvalue weighted by atomic mass is 9.96. The molecule has 220 valence electrons. The van der Waals surface area contributed by atoms with Crippen molar-refractivity contribution in [3.8, 4) is 69.4 Å². The molecule has 0 aliphatic rings. The van der Waals surface area contributed by atoms with Gasteiger partial charge in [0.15, 0.2) is 0 Å². The molecule has 0 fully saturated rings. The first-order valence-electron chi connectivity index (χ1n) is 14.9. The van der Waals surface area contributed by atoms with Crippen molar-refractivity contribution in [3.63, 3.8) is 0 Å². The van der Waals surface area contributed by atoms with Crippen molar-refractivity contribution < 1.29 is 0 Å². The minimum atomic E-state index is 0.396. The van der Waals surface area contributed by atoms with Gasteiger partial charge in [-0.2, -0.15) is 26.3 Å². The maximum Gasteiger partial charge on any atom is 0.0998 e. The molecule has 0 aliphatic heterocycles. The summed E-state index contributed by atoms with van der Waals surface area (Å²) in [6.07, 6.45) is 3.40. The third-order valence-electron chi connectivity index (χ3n) is 8.62. The van der Waals surface area contributed by atoms with Crippen LogP contribution in [0.25, 0.3) is 60.9 Å². The Balaban J connectivity index is 1.55. The van der Waals surface area contributed by atoms with Crippen molar-refractivity contribution in [2.45, 2.75) is 6.92 Å². The summed E-state index contributed by atoms with van der Waals surface area (Å²) < 4.78 is 2.12. The Morgan fingerprint density at radius 1 is 0.479 bits per heavy atom. The highest BCUT2D eigenvalue weighted by Crippen LogP contribution is 2.40. The fourth-order valence-electron chi connectivity index (χ4n) is 6.33. The lowest BCUT2D eigenvalue weighted by Gasteiger charge is -2.16. The molecule has 0 saturated heterocycles. The molecular weight excluding hydrogens is 591 g/mol. The summed E-state index contributed by atoms with van der Waals surface area (Å²) in [5, 5.41) is 51.0. The SMILES string of the molecule is Cc1cc(-c2ccncc2)c(C#N)cc1-n1c2cc(-c3ccc(C#N)cc3C#N)ccc2c2ccc(-c3ccc(C#N)cc3C#N)cc21. The van der Waals surface area contributed by atoms with Gasteiger partial charge < -0.3 is 4.57 Å². The third kappa shape index (κ3) is 4.77. The summed E-state index contributed by atoms with van der Waals surface area (Å²) in [5.74, 6) is 0. The number of aryl methyl sites for hydroxylation is 1. The van der Waals surface area contributed by atoms with Gasteiger partial charge in [0.05, 0.1) is 74.9 Å². The Morgan fingerprint density at radius 3 is 1.46 bits per heavy atom. The first kappa shape index (κ1) is 29.2. The topological polar surface area (TPSA) is 137 Å². The monoisotopic (exact) mass is 611 g/mol. The van der Waals surface area contributed by atoms with E-state index in [2.05, 4.69) is 39.9 Å². The van der Waals surface area contributed by atoms with Crippen LogP contribution in [-0.2, 0) is 0 Å². The molecule has 0 amide bonds. The normalized spacial score (nSPS) is 10.5. The summed E-state index contributed by atoms with van der Waals surface area (Å²) in [6.45, 7) is 2.01. The quantitative estimate of drug-likeness (QED) is 0.195. The zero-order valence-electron chi connectivity index (χ0n) is 25.5. The minimum Gasteiger partial charge on any atom is -0.309 e. The van der Waals surface area contributed by atoms with Gasteiger partial charge in [0.25, 0.3) is 0 Å². The second kappa shape index (κ2) is 11.8. The lowest BCUT2D eigenvalue weighted by molar-refractivity contribution is 1.15. The van der Waals surface area contributed by atoms with Crippen LogP contribution in [-0.4, -0.2) is 9.55 Å². The molecule has 48 heavy (non-hydrogen) atoms. The highest BCUT2D eigenvalue weighted by Gasteiger charge is 2.19. The largest absolute Gasteiger partial charge is 0.309 e. The smallest absolute Gasteiger partial charge is 0.0998 e. The molecule has 0 N–H and O–H groups in total. The Bertz CT molecular complexity index is 2550. The fourth-order valence-corrected chi connectivity index (χ4v) is 6.33. The standard InChI is InChI=1S/C41H21N7/c1-25-14-38(28-10-12-47-13-11-28)33(24-46)19-39(25)48-40-17-29(34-6-2-26(20-42)15-31(34)22-44)4-8-36(40)37-9-5-30(18-41(37)48)35-7-3-27(21-43)16-32(35)23-45/h2-19H,1H3. The molecule has 7 nitrogen and oxygen atoms in total. The molecule has 0 aliphatic carbocycles. The number of aromatic nitrogens is 2. The number of pyridine rings is 1. The van der Waals surface area contributed by atoms with Gasteiger partial charge in [-0.3, -0.25) is 4.98 Å². The maximum absolute atomic E-state index is 10.3. The third-order valence-corrected chi connectivity index (χ3v) is 8.62. The molecule has 0 bridgehead atoms. The van der Waals surface area contributed by atoms with Crippen LogP contribution in [0.3, 0.4) is 0 Å². The van der Waals surface area contributed by atoms with Crippen LogP contribution in [0.5, 0.6) is 0 Å². The van der Waals surface area contributed by atoms with Crippen molar-refractivity contribution in [1.29, 1.82) is 26.3 Å². The van der Waals surface area contributed by atoms with E-state index in [-0.39, 0.29) is 0 Å². The number of hydrogen-bond donors (Lipinski definition) is 0. The van der Waals surface area contributed by atoms with Crippen molar-refractivity contribution in [1.82, 2.24) is 9.55 Å². The van der Waals surface area contributed by atoms with Gasteiger partial charge in [0.2, 0.25) is 0 Å². The second-order valence-electron chi connectivity index (χ2n) is 11.3. The molecule has 0 radical (unpaired) electrons. The number of hydrogen-bond acceptors (Lipinski definition) is 6. The van der Waals surface area contributed by atoms with Crippen LogP contribution in [0.1, 0.15) is 33.4 Å². The fraction of sp³-hybridized carbons (Fsp3) is 0.0244. The summed E-state index contributed by atoms with van der Waals surface area (Å²) in [6, 6.07) is 40.9. The summed E-state index contributed by atoms with van der Waals surface area (Å²) in [7, 11) is 0. The molecule has 2 aromatic heterocycles. The second-order valence-corrected chi connectivity index (χ2v) is 11.3. The first-order chi connectivity index (χ1) is 23.5. The zero-order chi connectivity index (χ0) is 33.4. The van der Waals surface area contributed by atoms with Gasteiger partial charge in [-0.25, -0.2) is 0 Å². The van der Waals surface area contributed by atoms with E-state index in [1.54, 1.807) is 48.8 Å². The molecule has 2 heterocycles. The van der Waals surface area contributed by atoms with Gasteiger partial charge >= 0.3 is 0 Å². The average Bonchev–Trinajstić information content (AvgIpc) is 3.47. The maximum atomic E-state index is 10.3. The first-order valence-corrected chi connectivity index (χ1v) is 14.9. The van der Waals surface area contributed by atoms with Crippen LogP contribution in [0, 0.1) is 63.6 Å². The molecule has 0 atom stereocenters. The van der Waals surface area contributed by atoms with Crippen molar-refractivity contribution in [2.24, 2.45) is 0 Å². The molecule has 7 rings (SSSR count). The predicted molar refractivity (Wildman–Crippen MR) is 183 cm³/mol. The van der Waals surface area contributed by atoms with Crippen LogP contribution >= 0.6 is 0 Å². The van der Waals surface area contributed by atoms with Crippen LogP contribution in [0.2, 0.25) is 0 Å². The molecular formula is C41H21N7. The van der Waals surface area contributed by atoms with Gasteiger partial charge in [-0.15, -0.1) is 0 Å². The van der Waals surface area contributed by atoms with Gasteiger partial charge in [0.1, 0.15) is 0 Å². The van der Waals surface area contributed by atoms with Crippen LogP contribution in [0.15, 0.2) is 109 Å². The highest BCUT2D eigenvalue weighted by atomic mass is 15.0. The van der Waals surface area contributed by atoms with E-state index in [1.807, 2.05) is 67.6 Å². The Labute approximate surface area is 276 Å². The zero-order valence-corrected chi connectivity index (χ0v) is 25.5. The molecule has 7 heteroatoms. The van der Waals surface area contributed by atoms with Crippen molar-refractivity contribution >= 4 is 21.8 Å². The molecule has 0 saturated carbocycles. The van der Waals surface area contributed by atoms with E-state index < -0.39 is 0 Å². The molecule has 7 aromatic rings. The van der Waals surface area contributed by atoms with Crippen LogP contribution in [0.4, 0.5) is 0 Å². The Hall–Kier alpha value is -7.50. The van der Waals surface area contributed by atoms with E-state index in [0.717, 1.165) is 55.3 Å². The van der Waals surface area contributed by atoms with E-state index in [1.165, 1.54) is 0 Å². The van der Waals surface area contributed by atoms with Gasteiger partial charge in [-0.1, -0.05) is 36.4 Å². The summed E-state index contributed by atoms with van der Waals surface area (Å²) in [4.78, 5) is 4.13. The minimum absolute atomic E-state index is 0.396. The predicted octanol–water partition coefficient (Wildman–Crippen LogP) is 8.85. The van der Waals surface area contributed by atoms with Crippen LogP contribution < -0.4 is 0 Å². The lowest BCUT2D eigenvalue weighted by Crippen LogP contribution is -2.00. The summed E-state index contributed by atoms with van der Waals surface area (Å²) in [5.41, 5.74) is 10.3. The Kier molecular flexibility index (Phi) is 7.17. The number of benzene rings is 5. The van der Waals surface area contributed by atoms with Crippen molar-refractivity contribution in [2.75, 3.05) is 0 Å². The van der Waals surface area contributed by atoms with E-state index in [9.17, 15) is 26.3 Å². The highest BCUT2D eigenvalue weighted by molar-refractivity contribution is 6.11. The Morgan fingerprint density at radius 2 is 0.979 bits per heavy atom. The number of nitrogens with zero attached hydrogens (tertiary/aromatic N) is 7. The van der Waals surface area contributed by atoms with Gasteiger partial charge in [-0.05, 0) is 107 Å². The number of fused-ring (bicyclic) bond motifs is 3. The summed E-state index contributed by atoms with van der Waals surface area (Å²) >= 11 is 0. The van der Waals surface area contributed by atoms with E-state index in [4.69, 9.17) is 0 Å². The average molecular weight is 612 g/mol.